The average molecular weight is 411 g/mol. The Hall–Kier alpha value is -2.71. The summed E-state index contributed by atoms with van der Waals surface area (Å²) in [5, 5.41) is 12.2. The molecule has 1 aliphatic heterocycles. The first kappa shape index (κ1) is 19.6. The number of hydrogen-bond acceptors (Lipinski definition) is 6. The molecule has 8 heteroatoms. The van der Waals surface area contributed by atoms with E-state index in [-0.39, 0.29) is 22.6 Å². The predicted octanol–water partition coefficient (Wildman–Crippen LogP) is 4.34. The van der Waals surface area contributed by atoms with E-state index < -0.39 is 4.92 Å². The van der Waals surface area contributed by atoms with Gasteiger partial charge in [0.05, 0.1) is 28.5 Å². The number of benzene rings is 2. The van der Waals surface area contributed by atoms with E-state index in [1.54, 1.807) is 22.8 Å². The molecule has 0 radical (unpaired) electrons. The first-order chi connectivity index (χ1) is 14.0. The van der Waals surface area contributed by atoms with Crippen molar-refractivity contribution in [2.45, 2.75) is 42.8 Å². The molecule has 0 N–H and O–H groups in total. The smallest absolute Gasteiger partial charge is 0.269 e. The molecule has 1 saturated heterocycles. The summed E-state index contributed by atoms with van der Waals surface area (Å²) in [6.07, 6.45) is 1.92. The zero-order chi connectivity index (χ0) is 20.4. The molecular weight excluding hydrogens is 390 g/mol. The maximum absolute atomic E-state index is 13.2. The average Bonchev–Trinajstić information content (AvgIpc) is 3.24. The van der Waals surface area contributed by atoms with E-state index in [0.29, 0.717) is 29.2 Å². The molecule has 7 nitrogen and oxygen atoms in total. The van der Waals surface area contributed by atoms with Gasteiger partial charge >= 0.3 is 0 Å². The van der Waals surface area contributed by atoms with E-state index in [1.165, 1.54) is 17.8 Å². The third kappa shape index (κ3) is 4.18. The van der Waals surface area contributed by atoms with E-state index in [4.69, 9.17) is 9.72 Å². The number of rotatable bonds is 6. The molecule has 4 rings (SSSR count). The normalized spacial score (nSPS) is 17.5. The van der Waals surface area contributed by atoms with Crippen molar-refractivity contribution in [1.82, 2.24) is 9.55 Å². The van der Waals surface area contributed by atoms with Crippen LogP contribution in [0.15, 0.2) is 58.5 Å². The Morgan fingerprint density at radius 2 is 2.14 bits per heavy atom. The Labute approximate surface area is 171 Å². The lowest BCUT2D eigenvalue weighted by Gasteiger charge is -2.18. The molecule has 29 heavy (non-hydrogen) atoms. The number of nitro groups is 1. The highest BCUT2D eigenvalue weighted by Crippen LogP contribution is 2.35. The van der Waals surface area contributed by atoms with Crippen LogP contribution in [0, 0.1) is 10.1 Å². The van der Waals surface area contributed by atoms with Gasteiger partial charge in [0.1, 0.15) is 0 Å². The molecule has 2 atom stereocenters. The quantitative estimate of drug-likeness (QED) is 0.260. The van der Waals surface area contributed by atoms with Gasteiger partial charge < -0.3 is 4.74 Å². The first-order valence-corrected chi connectivity index (χ1v) is 10.4. The Kier molecular flexibility index (Phi) is 5.64. The minimum Gasteiger partial charge on any atom is -0.376 e. The molecule has 150 valence electrons. The molecule has 3 aromatic rings. The second-order valence-corrected chi connectivity index (χ2v) is 8.38. The number of ether oxygens (including phenoxy) is 1. The van der Waals surface area contributed by atoms with Gasteiger partial charge in [0.2, 0.25) is 0 Å². The summed E-state index contributed by atoms with van der Waals surface area (Å²) >= 11 is 1.43. The van der Waals surface area contributed by atoms with E-state index >= 15 is 0 Å². The zero-order valence-electron chi connectivity index (χ0n) is 16.0. The largest absolute Gasteiger partial charge is 0.376 e. The lowest BCUT2D eigenvalue weighted by Crippen LogP contribution is -2.29. The highest BCUT2D eigenvalue weighted by atomic mass is 32.2. The summed E-state index contributed by atoms with van der Waals surface area (Å²) in [6, 6.07) is 13.9. The predicted molar refractivity (Wildman–Crippen MR) is 112 cm³/mol. The molecule has 1 aromatic heterocycles. The summed E-state index contributed by atoms with van der Waals surface area (Å²) < 4.78 is 7.43. The van der Waals surface area contributed by atoms with E-state index in [2.05, 4.69) is 0 Å². The molecule has 0 amide bonds. The van der Waals surface area contributed by atoms with Gasteiger partial charge in [-0.25, -0.2) is 4.98 Å². The zero-order valence-corrected chi connectivity index (χ0v) is 16.8. The van der Waals surface area contributed by atoms with Gasteiger partial charge in [0.15, 0.2) is 5.16 Å². The van der Waals surface area contributed by atoms with Crippen LogP contribution in [0.1, 0.15) is 30.6 Å². The summed E-state index contributed by atoms with van der Waals surface area (Å²) in [5.41, 5.74) is 1.43. The van der Waals surface area contributed by atoms with Gasteiger partial charge in [-0.05, 0) is 37.5 Å². The SMILES string of the molecule is C[C@H](Sc1nc2ccccc2c(=O)n1C[C@H]1CCCO1)c1cccc([N+](=O)[O-])c1. The Balaban J connectivity index is 1.72. The van der Waals surface area contributed by atoms with Crippen LogP contribution in [0.3, 0.4) is 0 Å². The maximum atomic E-state index is 13.2. The highest BCUT2D eigenvalue weighted by molar-refractivity contribution is 7.99. The number of nitro benzene ring substituents is 1. The number of nitrogens with zero attached hydrogens (tertiary/aromatic N) is 3. The molecule has 0 unspecified atom stereocenters. The fourth-order valence-corrected chi connectivity index (χ4v) is 4.54. The number of hydrogen-bond donors (Lipinski definition) is 0. The molecule has 2 aromatic carbocycles. The van der Waals surface area contributed by atoms with Crippen molar-refractivity contribution in [1.29, 1.82) is 0 Å². The number of aromatic nitrogens is 2. The van der Waals surface area contributed by atoms with Crippen LogP contribution in [0.2, 0.25) is 0 Å². The second kappa shape index (κ2) is 8.34. The summed E-state index contributed by atoms with van der Waals surface area (Å²) in [4.78, 5) is 28.6. The minimum atomic E-state index is -0.400. The van der Waals surface area contributed by atoms with Crippen LogP contribution in [-0.4, -0.2) is 27.2 Å². The molecule has 1 aliphatic rings. The number of thioether (sulfide) groups is 1. The van der Waals surface area contributed by atoms with Gasteiger partial charge in [-0.2, -0.15) is 0 Å². The van der Waals surface area contributed by atoms with Crippen LogP contribution in [0.5, 0.6) is 0 Å². The third-order valence-corrected chi connectivity index (χ3v) is 6.22. The lowest BCUT2D eigenvalue weighted by molar-refractivity contribution is -0.384. The Bertz CT molecular complexity index is 1110. The highest BCUT2D eigenvalue weighted by Gasteiger charge is 2.22. The van der Waals surface area contributed by atoms with Crippen molar-refractivity contribution >= 4 is 28.4 Å². The van der Waals surface area contributed by atoms with Crippen LogP contribution in [0.4, 0.5) is 5.69 Å². The molecule has 0 saturated carbocycles. The standard InChI is InChI=1S/C21H21N3O4S/c1-14(15-6-4-7-16(12-15)24(26)27)29-21-22-19-10-3-2-9-18(19)20(25)23(21)13-17-8-5-11-28-17/h2-4,6-7,9-10,12,14,17H,5,8,11,13H2,1H3/t14-,17+/m0/s1. The molecule has 0 spiro atoms. The molecule has 0 bridgehead atoms. The molecule has 0 aliphatic carbocycles. The number of fused-ring (bicyclic) bond motifs is 1. The minimum absolute atomic E-state index is 0.00290. The van der Waals surface area contributed by atoms with Crippen LogP contribution >= 0.6 is 11.8 Å². The fraction of sp³-hybridized carbons (Fsp3) is 0.333. The van der Waals surface area contributed by atoms with Crippen LogP contribution < -0.4 is 5.56 Å². The number of para-hydroxylation sites is 1. The first-order valence-electron chi connectivity index (χ1n) is 9.55. The fourth-order valence-electron chi connectivity index (χ4n) is 3.51. The third-order valence-electron chi connectivity index (χ3n) is 5.07. The van der Waals surface area contributed by atoms with Gasteiger partial charge in [0, 0.05) is 24.0 Å². The van der Waals surface area contributed by atoms with Gasteiger partial charge in [-0.15, -0.1) is 0 Å². The molecule has 1 fully saturated rings. The topological polar surface area (TPSA) is 87.3 Å². The molecular formula is C21H21N3O4S. The monoisotopic (exact) mass is 411 g/mol. The van der Waals surface area contributed by atoms with E-state index in [9.17, 15) is 14.9 Å². The van der Waals surface area contributed by atoms with Crippen molar-refractivity contribution in [3.05, 3.63) is 74.6 Å². The molecule has 2 heterocycles. The van der Waals surface area contributed by atoms with Gasteiger partial charge in [0.25, 0.3) is 11.2 Å². The van der Waals surface area contributed by atoms with Crippen LogP contribution in [0.25, 0.3) is 10.9 Å². The summed E-state index contributed by atoms with van der Waals surface area (Å²) in [6.45, 7) is 3.13. The van der Waals surface area contributed by atoms with Crippen molar-refractivity contribution in [2.24, 2.45) is 0 Å². The second-order valence-electron chi connectivity index (χ2n) is 7.07. The van der Waals surface area contributed by atoms with Gasteiger partial charge in [-0.3, -0.25) is 19.5 Å². The lowest BCUT2D eigenvalue weighted by atomic mass is 10.1. The van der Waals surface area contributed by atoms with E-state index in [1.807, 2.05) is 31.2 Å². The van der Waals surface area contributed by atoms with Crippen molar-refractivity contribution in [3.63, 3.8) is 0 Å². The van der Waals surface area contributed by atoms with Crippen molar-refractivity contribution < 1.29 is 9.66 Å². The van der Waals surface area contributed by atoms with Crippen LogP contribution in [-0.2, 0) is 11.3 Å². The van der Waals surface area contributed by atoms with E-state index in [0.717, 1.165) is 18.4 Å². The Morgan fingerprint density at radius 1 is 1.31 bits per heavy atom. The number of non-ortho nitro benzene ring substituents is 1. The maximum Gasteiger partial charge on any atom is 0.269 e. The summed E-state index contributed by atoms with van der Waals surface area (Å²) in [7, 11) is 0. The van der Waals surface area contributed by atoms with Gasteiger partial charge in [-0.1, -0.05) is 36.0 Å². The Morgan fingerprint density at radius 3 is 2.90 bits per heavy atom. The van der Waals surface area contributed by atoms with Crippen molar-refractivity contribution in [3.8, 4) is 0 Å². The van der Waals surface area contributed by atoms with Crippen molar-refractivity contribution in [2.75, 3.05) is 6.61 Å². The summed E-state index contributed by atoms with van der Waals surface area (Å²) in [5.74, 6) is 0.